The van der Waals surface area contributed by atoms with Gasteiger partial charge in [-0.25, -0.2) is 0 Å². The molecular weight excluding hydrogens is 976 g/mol. The number of amides is 3. The zero-order valence-corrected chi connectivity index (χ0v) is 33.8. The van der Waals surface area contributed by atoms with Gasteiger partial charge in [-0.05, 0) is 26.8 Å². The first-order valence-electron chi connectivity index (χ1n) is 16.4. The Morgan fingerprint density at radius 3 is 1.32 bits per heavy atom. The molecule has 0 aliphatic rings. The van der Waals surface area contributed by atoms with Crippen LogP contribution in [0.1, 0.15) is 77.2 Å². The summed E-state index contributed by atoms with van der Waals surface area (Å²) in [5.74, 6) is -7.94. The molecule has 0 heterocycles. The Morgan fingerprint density at radius 1 is 0.567 bits per heavy atom. The molecule has 24 heteroatoms. The number of hydrogen-bond donors (Lipinski definition) is 5. The van der Waals surface area contributed by atoms with Crippen LogP contribution in [-0.4, -0.2) is 176 Å². The molecule has 2 atom stereocenters. The molecule has 0 saturated heterocycles. The van der Waals surface area contributed by atoms with E-state index in [9.17, 15) is 63.6 Å². The molecule has 60 heavy (non-hydrogen) atoms. The molecule has 0 aromatic rings. The van der Waals surface area contributed by atoms with Gasteiger partial charge >= 0.3 is 45.9 Å². The third-order valence-corrected chi connectivity index (χ3v) is 9.53. The number of carboxylic acids is 5. The largest absolute Gasteiger partial charge is 3.00 e. The third-order valence-electron chi connectivity index (χ3n) is 7.12. The van der Waals surface area contributed by atoms with Crippen LogP contribution in [0.25, 0.3) is 0 Å². The monoisotopic (exact) mass is 1050 g/mol. The first-order valence-corrected chi connectivity index (χ1v) is 18.9. The Hall–Kier alpha value is -2.71. The number of ketones is 1. The summed E-state index contributed by atoms with van der Waals surface area (Å²) in [5.41, 5.74) is 0. The van der Waals surface area contributed by atoms with Crippen molar-refractivity contribution in [1.29, 1.82) is 0 Å². The zero-order valence-electron chi connectivity index (χ0n) is 29.9. The van der Waals surface area contributed by atoms with Gasteiger partial charge in [0.1, 0.15) is 0 Å². The first kappa shape index (κ1) is 74.7. The van der Waals surface area contributed by atoms with Crippen LogP contribution in [0, 0.1) is 39.9 Å². The number of carboxylic acid groups (broad SMARTS) is 5. The number of aliphatic carboxylic acids is 5. The maximum Gasteiger partial charge on any atom is 3.00 e. The molecule has 5 N–H and O–H groups in total. The van der Waals surface area contributed by atoms with Crippen molar-refractivity contribution in [3.05, 3.63) is 0 Å². The SMILES string of the molecule is C.C.C.C.C.C.CNC(CCC(=O)O)C(=O)NC(CCC(=O)NCCSSCCNC(=O)CN(CCN(CCN(CC(=O)[O-])CC(=O)[O-])CC(=O)[O-])CC(=O)[O-])C(C)=O.[Gd+3]. The fourth-order valence-corrected chi connectivity index (χ4v) is 6.34. The van der Waals surface area contributed by atoms with Crippen molar-refractivity contribution in [1.82, 2.24) is 36.0 Å². The van der Waals surface area contributed by atoms with Gasteiger partial charge in [-0.1, -0.05) is 66.1 Å². The number of likely N-dealkylation sites (N-methyl/N-ethyl adjacent to an activating group) is 1. The van der Waals surface area contributed by atoms with E-state index < -0.39 is 79.9 Å². The predicted molar refractivity (Wildman–Crippen MR) is 222 cm³/mol. The molecule has 0 aromatic carbocycles. The van der Waals surface area contributed by atoms with Crippen molar-refractivity contribution in [3.63, 3.8) is 0 Å². The molecule has 2 unspecified atom stereocenters. The number of nitrogens with zero attached hydrogens (tertiary/aromatic N) is 3. The van der Waals surface area contributed by atoms with Crippen molar-refractivity contribution in [2.24, 2.45) is 0 Å². The van der Waals surface area contributed by atoms with E-state index in [0.29, 0.717) is 18.1 Å². The van der Waals surface area contributed by atoms with E-state index in [1.165, 1.54) is 45.4 Å². The summed E-state index contributed by atoms with van der Waals surface area (Å²) in [6, 6.07) is -1.72. The zero-order chi connectivity index (χ0) is 40.3. The smallest absolute Gasteiger partial charge is 0.549 e. The van der Waals surface area contributed by atoms with Gasteiger partial charge in [0.25, 0.3) is 0 Å². The van der Waals surface area contributed by atoms with E-state index in [1.54, 1.807) is 0 Å². The standard InChI is InChI=1S/C30H51N7O14S2.6CH4.Gd/c1-20(38)21(34-30(51)22(31-2)4-6-25(41)42)3-5-23(39)32-7-13-52-53-14-8-33-24(40)15-36(17-27(45)46)11-9-35(16-26(43)44)10-12-37(18-28(47)48)19-29(49)50;;;;;;;/h21-22,31H,3-19H2,1-2H3,(H,32,39)(H,33,40)(H,34,51)(H,41,42)(H,43,44)(H,45,46)(H,47,48)(H,49,50);6*1H4;/q;;;;;;;+3/p-4. The Balaban J connectivity index is -0.000000644. The molecule has 0 rings (SSSR count). The van der Waals surface area contributed by atoms with Crippen LogP contribution in [0.3, 0.4) is 0 Å². The number of Topliss-reactive ketones (excluding diaryl/α,β-unsaturated/α-hetero) is 1. The summed E-state index contributed by atoms with van der Waals surface area (Å²) >= 11 is 0. The van der Waals surface area contributed by atoms with E-state index in [0.717, 1.165) is 4.90 Å². The summed E-state index contributed by atoms with van der Waals surface area (Å²) in [5, 5.41) is 63.7. The van der Waals surface area contributed by atoms with Gasteiger partial charge < -0.3 is 66.0 Å². The molecule has 3 amide bonds. The molecule has 0 aliphatic heterocycles. The topological polar surface area (TPSA) is 324 Å². The van der Waals surface area contributed by atoms with Crippen molar-refractivity contribution >= 4 is 74.9 Å². The normalized spacial score (nSPS) is 10.8. The second-order valence-corrected chi connectivity index (χ2v) is 14.2. The quantitative estimate of drug-likeness (QED) is 0.0306. The minimum absolute atomic E-state index is 0. The van der Waals surface area contributed by atoms with Gasteiger partial charge in [0, 0.05) is 89.8 Å². The number of rotatable bonds is 33. The number of hydrogen-bond acceptors (Lipinski definition) is 19. The van der Waals surface area contributed by atoms with E-state index >= 15 is 0 Å². The van der Waals surface area contributed by atoms with Crippen LogP contribution < -0.4 is 41.7 Å². The van der Waals surface area contributed by atoms with Crippen LogP contribution in [0.4, 0.5) is 0 Å². The number of nitrogens with one attached hydrogen (secondary N) is 4. The van der Waals surface area contributed by atoms with E-state index in [1.807, 2.05) is 0 Å². The van der Waals surface area contributed by atoms with Gasteiger partial charge in [0.15, 0.2) is 5.78 Å². The second kappa shape index (κ2) is 44.4. The maximum atomic E-state index is 12.5. The molecule has 0 spiro atoms. The molecule has 1 radical (unpaired) electrons. The maximum absolute atomic E-state index is 12.5. The van der Waals surface area contributed by atoms with E-state index in [2.05, 4.69) is 21.3 Å². The molecule has 0 fully saturated rings. The van der Waals surface area contributed by atoms with Crippen molar-refractivity contribution in [2.45, 2.75) is 89.3 Å². The fourth-order valence-electron chi connectivity index (χ4n) is 4.52. The van der Waals surface area contributed by atoms with Gasteiger partial charge in [0.2, 0.25) is 17.7 Å². The Kier molecular flexibility index (Phi) is 55.2. The molecule has 0 aromatic heterocycles. The fraction of sp³-hybridized carbons (Fsp3) is 0.750. The van der Waals surface area contributed by atoms with Gasteiger partial charge in [0.05, 0.1) is 42.5 Å². The van der Waals surface area contributed by atoms with Crippen LogP contribution in [-0.2, 0) is 43.2 Å². The third kappa shape index (κ3) is 42.0. The van der Waals surface area contributed by atoms with Crippen LogP contribution in [0.2, 0.25) is 0 Å². The molecule has 0 saturated carbocycles. The Labute approximate surface area is 396 Å². The van der Waals surface area contributed by atoms with Crippen LogP contribution >= 0.6 is 21.6 Å². The van der Waals surface area contributed by atoms with Gasteiger partial charge in [-0.2, -0.15) is 0 Å². The number of carbonyl (C=O) groups excluding carboxylic acids is 8. The van der Waals surface area contributed by atoms with Crippen molar-refractivity contribution < 1.29 is 109 Å². The Morgan fingerprint density at radius 2 is 0.933 bits per heavy atom. The summed E-state index contributed by atoms with van der Waals surface area (Å²) in [7, 11) is 4.30. The van der Waals surface area contributed by atoms with Gasteiger partial charge in [-0.3, -0.25) is 38.7 Å². The number of carbonyl (C=O) groups is 9. The molecule has 355 valence electrons. The van der Waals surface area contributed by atoms with Crippen molar-refractivity contribution in [3.8, 4) is 0 Å². The van der Waals surface area contributed by atoms with Gasteiger partial charge in [-0.15, -0.1) is 0 Å². The minimum Gasteiger partial charge on any atom is -0.549 e. The second-order valence-electron chi connectivity index (χ2n) is 11.5. The Bertz CT molecular complexity index is 1240. The van der Waals surface area contributed by atoms with E-state index in [-0.39, 0.29) is 161 Å². The predicted octanol–water partition coefficient (Wildman–Crippen LogP) is -4.37. The van der Waals surface area contributed by atoms with Crippen LogP contribution in [0.15, 0.2) is 0 Å². The van der Waals surface area contributed by atoms with E-state index in [4.69, 9.17) is 5.11 Å². The average Bonchev–Trinajstić information content (AvgIpc) is 3.04. The summed E-state index contributed by atoms with van der Waals surface area (Å²) in [6.07, 6.45) is -0.188. The summed E-state index contributed by atoms with van der Waals surface area (Å²) < 4.78 is 0. The molecule has 0 bridgehead atoms. The molecule has 0 aliphatic carbocycles. The molecule has 21 nitrogen and oxygen atoms in total. The average molecular weight is 1050 g/mol. The molecular formula is C36H71GdN7O14S2-. The first-order chi connectivity index (χ1) is 24.9. The summed E-state index contributed by atoms with van der Waals surface area (Å²) in [6.45, 7) is -1.88. The summed E-state index contributed by atoms with van der Waals surface area (Å²) in [4.78, 5) is 108. The van der Waals surface area contributed by atoms with Crippen LogP contribution in [0.5, 0.6) is 0 Å². The minimum atomic E-state index is -1.55. The van der Waals surface area contributed by atoms with Crippen molar-refractivity contribution in [2.75, 3.05) is 90.5 Å².